The number of nitrogens with zero attached hydrogens (tertiary/aromatic N) is 1. The van der Waals surface area contributed by atoms with Crippen molar-refractivity contribution in [1.29, 1.82) is 0 Å². The van der Waals surface area contributed by atoms with Gasteiger partial charge in [0.05, 0.1) is 12.1 Å². The molecule has 0 amide bonds. The van der Waals surface area contributed by atoms with E-state index in [0.717, 1.165) is 5.71 Å². The van der Waals surface area contributed by atoms with Crippen molar-refractivity contribution < 1.29 is 9.90 Å². The molecule has 3 nitrogen and oxygen atoms in total. The minimum absolute atomic E-state index is 0.0000990. The second-order valence-electron chi connectivity index (χ2n) is 9.08. The first-order valence-corrected chi connectivity index (χ1v) is 8.36. The Labute approximate surface area is 140 Å². The lowest BCUT2D eigenvalue weighted by Crippen LogP contribution is -2.31. The molecule has 126 valence electrons. The highest BCUT2D eigenvalue weighted by atomic mass is 32.1. The normalized spacial score (nSPS) is 20.5. The number of allylic oxidation sites excluding steroid dienone is 2. The fourth-order valence-electron chi connectivity index (χ4n) is 2.63. The fraction of sp³-hybridized carbons (Fsp3) is 0.778. The SMILES string of the molecule is CC(C)(C)CC(=NCC(C)(C)S)C1=C(O)CC(C)(C)CC1=O. The number of aliphatic hydroxyl groups excluding tert-OH is 1. The molecule has 0 aromatic heterocycles. The van der Waals surface area contributed by atoms with Gasteiger partial charge in [-0.15, -0.1) is 0 Å². The number of Topliss-reactive ketones (excluding diaryl/α,β-unsaturated/α-hetero) is 1. The molecule has 1 aliphatic carbocycles. The zero-order valence-corrected chi connectivity index (χ0v) is 16.0. The van der Waals surface area contributed by atoms with E-state index in [1.165, 1.54) is 0 Å². The van der Waals surface area contributed by atoms with Crippen molar-refractivity contribution >= 4 is 24.1 Å². The first-order chi connectivity index (χ1) is 9.70. The maximum absolute atomic E-state index is 12.6. The minimum Gasteiger partial charge on any atom is -0.511 e. The molecule has 22 heavy (non-hydrogen) atoms. The molecule has 1 rings (SSSR count). The topological polar surface area (TPSA) is 49.7 Å². The summed E-state index contributed by atoms with van der Waals surface area (Å²) >= 11 is 4.51. The van der Waals surface area contributed by atoms with Gasteiger partial charge >= 0.3 is 0 Å². The van der Waals surface area contributed by atoms with Gasteiger partial charge in [-0.2, -0.15) is 12.6 Å². The molecule has 0 fully saturated rings. The van der Waals surface area contributed by atoms with Crippen molar-refractivity contribution in [3.63, 3.8) is 0 Å². The van der Waals surface area contributed by atoms with Crippen LogP contribution in [-0.2, 0) is 4.79 Å². The van der Waals surface area contributed by atoms with Crippen LogP contribution in [0.1, 0.15) is 67.7 Å². The Kier molecular flexibility index (Phi) is 5.59. The van der Waals surface area contributed by atoms with E-state index in [0.29, 0.717) is 31.4 Å². The van der Waals surface area contributed by atoms with Gasteiger partial charge in [0.2, 0.25) is 0 Å². The van der Waals surface area contributed by atoms with Crippen LogP contribution in [0, 0.1) is 10.8 Å². The summed E-state index contributed by atoms with van der Waals surface area (Å²) in [7, 11) is 0. The van der Waals surface area contributed by atoms with Crippen LogP contribution in [0.2, 0.25) is 0 Å². The molecular formula is C18H31NO2S. The van der Waals surface area contributed by atoms with Gasteiger partial charge in [-0.25, -0.2) is 0 Å². The molecule has 0 aliphatic heterocycles. The number of carbonyl (C=O) groups is 1. The van der Waals surface area contributed by atoms with Crippen LogP contribution in [0.3, 0.4) is 0 Å². The number of carbonyl (C=O) groups excluding carboxylic acids is 1. The summed E-state index contributed by atoms with van der Waals surface area (Å²) in [6.45, 7) is 14.9. The quantitative estimate of drug-likeness (QED) is 0.577. The molecule has 1 aliphatic rings. The van der Waals surface area contributed by atoms with Gasteiger partial charge in [0.15, 0.2) is 5.78 Å². The second kappa shape index (κ2) is 6.38. The molecule has 0 unspecified atom stereocenters. The van der Waals surface area contributed by atoms with Crippen LogP contribution in [0.25, 0.3) is 0 Å². The number of hydrogen-bond acceptors (Lipinski definition) is 4. The predicted octanol–water partition coefficient (Wildman–Crippen LogP) is 4.77. The maximum Gasteiger partial charge on any atom is 0.168 e. The Hall–Kier alpha value is -0.770. The van der Waals surface area contributed by atoms with E-state index in [-0.39, 0.29) is 27.1 Å². The highest BCUT2D eigenvalue weighted by Crippen LogP contribution is 2.37. The average Bonchev–Trinajstić information content (AvgIpc) is 2.19. The van der Waals surface area contributed by atoms with E-state index in [1.54, 1.807) is 0 Å². The Morgan fingerprint density at radius 2 is 1.77 bits per heavy atom. The summed E-state index contributed by atoms with van der Waals surface area (Å²) in [6.07, 6.45) is 1.66. The van der Waals surface area contributed by atoms with Crippen LogP contribution in [-0.4, -0.2) is 27.9 Å². The van der Waals surface area contributed by atoms with Gasteiger partial charge in [0, 0.05) is 23.3 Å². The van der Waals surface area contributed by atoms with E-state index < -0.39 is 0 Å². The van der Waals surface area contributed by atoms with Gasteiger partial charge in [-0.3, -0.25) is 9.79 Å². The lowest BCUT2D eigenvalue weighted by atomic mass is 9.74. The fourth-order valence-corrected chi connectivity index (χ4v) is 2.70. The van der Waals surface area contributed by atoms with E-state index in [4.69, 9.17) is 0 Å². The van der Waals surface area contributed by atoms with Gasteiger partial charge in [-0.05, 0) is 31.1 Å². The number of hydrogen-bond donors (Lipinski definition) is 2. The molecule has 0 saturated carbocycles. The zero-order valence-electron chi connectivity index (χ0n) is 15.1. The minimum atomic E-state index is -0.240. The lowest BCUT2D eigenvalue weighted by Gasteiger charge is -2.31. The number of rotatable bonds is 4. The summed E-state index contributed by atoms with van der Waals surface area (Å²) in [5.74, 6) is 0.204. The Balaban J connectivity index is 3.23. The number of thiol groups is 1. The summed E-state index contributed by atoms with van der Waals surface area (Å²) in [5, 5.41) is 10.4. The van der Waals surface area contributed by atoms with E-state index in [1.807, 2.05) is 27.7 Å². The van der Waals surface area contributed by atoms with Gasteiger partial charge in [-0.1, -0.05) is 34.6 Å². The van der Waals surface area contributed by atoms with Crippen LogP contribution in [0.5, 0.6) is 0 Å². The monoisotopic (exact) mass is 325 g/mol. The number of aliphatic hydroxyl groups is 1. The van der Waals surface area contributed by atoms with E-state index >= 15 is 0 Å². The van der Waals surface area contributed by atoms with Crippen LogP contribution < -0.4 is 0 Å². The van der Waals surface area contributed by atoms with E-state index in [9.17, 15) is 9.90 Å². The highest BCUT2D eigenvalue weighted by Gasteiger charge is 2.36. The zero-order chi connectivity index (χ0) is 17.3. The third-order valence-corrected chi connectivity index (χ3v) is 3.64. The van der Waals surface area contributed by atoms with Gasteiger partial charge < -0.3 is 5.11 Å². The average molecular weight is 326 g/mol. The van der Waals surface area contributed by atoms with Crippen molar-refractivity contribution in [3.05, 3.63) is 11.3 Å². The summed E-state index contributed by atoms with van der Waals surface area (Å²) in [6, 6.07) is 0. The van der Waals surface area contributed by atoms with Crippen molar-refractivity contribution in [2.45, 2.75) is 72.5 Å². The molecule has 1 N–H and O–H groups in total. The molecule has 0 radical (unpaired) electrons. The lowest BCUT2D eigenvalue weighted by molar-refractivity contribution is -0.118. The molecule has 0 spiro atoms. The van der Waals surface area contributed by atoms with Crippen molar-refractivity contribution in [2.24, 2.45) is 15.8 Å². The standard InChI is InChI=1S/C18H31NO2S/c1-16(2,3)8-12(19-11-18(6,7)22)15-13(20)9-17(4,5)10-14(15)21/h20,22H,8-11H2,1-7H3. The van der Waals surface area contributed by atoms with Crippen LogP contribution >= 0.6 is 12.6 Å². The molecule has 0 heterocycles. The molecule has 0 aromatic carbocycles. The third-order valence-electron chi connectivity index (χ3n) is 3.50. The first kappa shape index (κ1) is 19.3. The molecule has 0 atom stereocenters. The summed E-state index contributed by atoms with van der Waals surface area (Å²) in [4.78, 5) is 17.2. The molecule has 4 heteroatoms. The molecule has 0 bridgehead atoms. The van der Waals surface area contributed by atoms with E-state index in [2.05, 4.69) is 38.4 Å². The van der Waals surface area contributed by atoms with Gasteiger partial charge in [0.25, 0.3) is 0 Å². The molecule has 0 saturated heterocycles. The summed E-state index contributed by atoms with van der Waals surface area (Å²) in [5.41, 5.74) is 1.000. The molecular weight excluding hydrogens is 294 g/mol. The van der Waals surface area contributed by atoms with Crippen molar-refractivity contribution in [3.8, 4) is 0 Å². The van der Waals surface area contributed by atoms with Gasteiger partial charge in [0.1, 0.15) is 5.76 Å². The van der Waals surface area contributed by atoms with Crippen molar-refractivity contribution in [2.75, 3.05) is 6.54 Å². The van der Waals surface area contributed by atoms with Crippen LogP contribution in [0.15, 0.2) is 16.3 Å². The number of aliphatic imine (C=N–C) groups is 1. The Morgan fingerprint density at radius 1 is 1.23 bits per heavy atom. The smallest absolute Gasteiger partial charge is 0.168 e. The first-order valence-electron chi connectivity index (χ1n) is 7.92. The largest absolute Gasteiger partial charge is 0.511 e. The maximum atomic E-state index is 12.6. The predicted molar refractivity (Wildman–Crippen MR) is 97.1 cm³/mol. The summed E-state index contributed by atoms with van der Waals surface area (Å²) < 4.78 is -0.240. The Morgan fingerprint density at radius 3 is 2.18 bits per heavy atom. The van der Waals surface area contributed by atoms with Crippen LogP contribution in [0.4, 0.5) is 0 Å². The molecule has 0 aromatic rings. The van der Waals surface area contributed by atoms with Crippen molar-refractivity contribution in [1.82, 2.24) is 0 Å². The number of ketones is 1. The highest BCUT2D eigenvalue weighted by molar-refractivity contribution is 7.81. The Bertz CT molecular complexity index is 502. The third kappa shape index (κ3) is 6.15. The second-order valence-corrected chi connectivity index (χ2v) is 10.3.